The van der Waals surface area contributed by atoms with Crippen molar-refractivity contribution in [1.29, 1.82) is 0 Å². The molecule has 17 heavy (non-hydrogen) atoms. The smallest absolute Gasteiger partial charge is 0.114 e. The SMILES string of the molecule is CCN(CC)Cc1ccccc1S[Si](C)(C)C. The highest BCUT2D eigenvalue weighted by Crippen LogP contribution is 2.32. The molecule has 1 nitrogen and oxygen atoms in total. The molecule has 0 saturated heterocycles. The van der Waals surface area contributed by atoms with Crippen molar-refractivity contribution in [2.75, 3.05) is 13.1 Å². The molecule has 96 valence electrons. The zero-order chi connectivity index (χ0) is 12.9. The normalized spacial score (nSPS) is 12.1. The third-order valence-electron chi connectivity index (χ3n) is 2.68. The van der Waals surface area contributed by atoms with Gasteiger partial charge in [0.25, 0.3) is 0 Å². The van der Waals surface area contributed by atoms with Crippen LogP contribution in [0.2, 0.25) is 19.6 Å². The molecule has 1 aromatic carbocycles. The van der Waals surface area contributed by atoms with Gasteiger partial charge in [-0.1, -0.05) is 51.7 Å². The fourth-order valence-corrected chi connectivity index (χ4v) is 5.40. The predicted octanol–water partition coefficient (Wildman–Crippen LogP) is 4.46. The lowest BCUT2D eigenvalue weighted by molar-refractivity contribution is 0.294. The van der Waals surface area contributed by atoms with Crippen LogP contribution in [0.4, 0.5) is 0 Å². The minimum absolute atomic E-state index is 1.08. The number of rotatable bonds is 6. The summed E-state index contributed by atoms with van der Waals surface area (Å²) in [6.45, 7) is 15.0. The van der Waals surface area contributed by atoms with Gasteiger partial charge in [0.05, 0.1) is 0 Å². The van der Waals surface area contributed by atoms with Gasteiger partial charge in [-0.2, -0.15) is 11.2 Å². The minimum atomic E-state index is -1.10. The van der Waals surface area contributed by atoms with Gasteiger partial charge < -0.3 is 0 Å². The van der Waals surface area contributed by atoms with Gasteiger partial charge in [-0.25, -0.2) is 0 Å². The molecule has 0 aromatic heterocycles. The first-order chi connectivity index (χ1) is 7.96. The fraction of sp³-hybridized carbons (Fsp3) is 0.571. The van der Waals surface area contributed by atoms with E-state index in [1.807, 2.05) is 0 Å². The molecule has 0 bridgehead atoms. The van der Waals surface area contributed by atoms with E-state index in [4.69, 9.17) is 0 Å². The Kier molecular flexibility index (Phi) is 5.76. The van der Waals surface area contributed by atoms with Crippen molar-refractivity contribution < 1.29 is 0 Å². The fourth-order valence-electron chi connectivity index (χ4n) is 1.75. The van der Waals surface area contributed by atoms with Crippen LogP contribution in [0.5, 0.6) is 0 Å². The van der Waals surface area contributed by atoms with E-state index in [0.29, 0.717) is 0 Å². The largest absolute Gasteiger partial charge is 0.300 e. The molecule has 0 atom stereocenters. The van der Waals surface area contributed by atoms with Gasteiger partial charge >= 0.3 is 0 Å². The Balaban J connectivity index is 2.84. The average molecular weight is 268 g/mol. The lowest BCUT2D eigenvalue weighted by Gasteiger charge is -2.22. The Hall–Kier alpha value is -0.253. The molecule has 0 spiro atoms. The summed E-state index contributed by atoms with van der Waals surface area (Å²) in [5.41, 5.74) is 1.49. The van der Waals surface area contributed by atoms with E-state index in [1.165, 1.54) is 10.5 Å². The topological polar surface area (TPSA) is 3.24 Å². The molecule has 1 rings (SSSR count). The van der Waals surface area contributed by atoms with Crippen LogP contribution in [0.25, 0.3) is 0 Å². The molecule has 0 aliphatic carbocycles. The maximum atomic E-state index is 2.48. The zero-order valence-electron chi connectivity index (χ0n) is 11.8. The molecule has 3 heteroatoms. The van der Waals surface area contributed by atoms with Crippen molar-refractivity contribution in [2.45, 2.75) is 44.9 Å². The Morgan fingerprint density at radius 3 is 2.18 bits per heavy atom. The second kappa shape index (κ2) is 6.62. The predicted molar refractivity (Wildman–Crippen MR) is 82.3 cm³/mol. The van der Waals surface area contributed by atoms with Crippen LogP contribution < -0.4 is 0 Å². The number of hydrogen-bond donors (Lipinski definition) is 0. The summed E-state index contributed by atoms with van der Waals surface area (Å²) in [5.74, 6) is 0. The summed E-state index contributed by atoms with van der Waals surface area (Å²) in [4.78, 5) is 3.96. The van der Waals surface area contributed by atoms with Gasteiger partial charge in [0.1, 0.15) is 7.22 Å². The number of benzene rings is 1. The van der Waals surface area contributed by atoms with Crippen molar-refractivity contribution in [2.24, 2.45) is 0 Å². The molecule has 0 amide bonds. The van der Waals surface area contributed by atoms with Gasteiger partial charge in [0.2, 0.25) is 0 Å². The molecule has 0 unspecified atom stereocenters. The van der Waals surface area contributed by atoms with Crippen molar-refractivity contribution in [1.82, 2.24) is 4.90 Å². The summed E-state index contributed by atoms with van der Waals surface area (Å²) in [6.07, 6.45) is 0. The van der Waals surface area contributed by atoms with E-state index in [0.717, 1.165) is 19.6 Å². The monoisotopic (exact) mass is 267 g/mol. The molecule has 0 radical (unpaired) electrons. The highest BCUT2D eigenvalue weighted by Gasteiger charge is 2.17. The van der Waals surface area contributed by atoms with Gasteiger partial charge in [0.15, 0.2) is 0 Å². The van der Waals surface area contributed by atoms with E-state index in [-0.39, 0.29) is 0 Å². The van der Waals surface area contributed by atoms with Crippen LogP contribution in [0.15, 0.2) is 29.2 Å². The Morgan fingerprint density at radius 1 is 1.06 bits per heavy atom. The van der Waals surface area contributed by atoms with E-state index < -0.39 is 7.22 Å². The molecule has 0 saturated carbocycles. The molecule has 0 N–H and O–H groups in total. The Morgan fingerprint density at radius 2 is 1.65 bits per heavy atom. The maximum Gasteiger partial charge on any atom is 0.114 e. The minimum Gasteiger partial charge on any atom is -0.300 e. The Bertz CT molecular complexity index is 342. The molecule has 1 aromatic rings. The van der Waals surface area contributed by atoms with Gasteiger partial charge in [-0.05, 0) is 24.7 Å². The van der Waals surface area contributed by atoms with Crippen LogP contribution in [0.1, 0.15) is 19.4 Å². The second-order valence-corrected chi connectivity index (χ2v) is 14.4. The second-order valence-electron chi connectivity index (χ2n) is 5.28. The van der Waals surface area contributed by atoms with Crippen molar-refractivity contribution in [3.63, 3.8) is 0 Å². The van der Waals surface area contributed by atoms with Crippen LogP contribution in [-0.2, 0) is 6.54 Å². The van der Waals surface area contributed by atoms with Crippen LogP contribution >= 0.6 is 11.2 Å². The van der Waals surface area contributed by atoms with E-state index >= 15 is 0 Å². The van der Waals surface area contributed by atoms with Crippen molar-refractivity contribution in [3.05, 3.63) is 29.8 Å². The standard InChI is InChI=1S/C14H25NSSi/c1-6-15(7-2)12-13-10-8-9-11-14(13)16-17(3,4)5/h8-11H,6-7,12H2,1-5H3. The quantitative estimate of drug-likeness (QED) is 0.700. The highest BCUT2D eigenvalue weighted by atomic mass is 32.4. The highest BCUT2D eigenvalue weighted by molar-refractivity contribution is 8.28. The maximum absolute atomic E-state index is 2.48. The van der Waals surface area contributed by atoms with Crippen molar-refractivity contribution in [3.8, 4) is 0 Å². The molecule has 0 fully saturated rings. The molecular formula is C14H25NSSi. The summed E-state index contributed by atoms with van der Waals surface area (Å²) in [5, 5.41) is 0. The first kappa shape index (κ1) is 14.8. The lowest BCUT2D eigenvalue weighted by atomic mass is 10.2. The lowest BCUT2D eigenvalue weighted by Crippen LogP contribution is -2.23. The van der Waals surface area contributed by atoms with Gasteiger partial charge in [-0.15, -0.1) is 0 Å². The summed E-state index contributed by atoms with van der Waals surface area (Å²) < 4.78 is 0. The average Bonchev–Trinajstić information content (AvgIpc) is 2.26. The summed E-state index contributed by atoms with van der Waals surface area (Å²) in [7, 11) is -1.10. The molecule has 0 aliphatic heterocycles. The first-order valence-electron chi connectivity index (χ1n) is 6.45. The Labute approximate surface area is 111 Å². The molecule has 0 heterocycles. The third-order valence-corrected chi connectivity index (χ3v) is 6.40. The van der Waals surface area contributed by atoms with Gasteiger partial charge in [-0.3, -0.25) is 4.90 Å². The van der Waals surface area contributed by atoms with E-state index in [2.05, 4.69) is 73.9 Å². The summed E-state index contributed by atoms with van der Waals surface area (Å²) in [6, 6.07) is 8.88. The molecular weight excluding hydrogens is 242 g/mol. The van der Waals surface area contributed by atoms with Crippen LogP contribution in [0.3, 0.4) is 0 Å². The molecule has 0 aliphatic rings. The zero-order valence-corrected chi connectivity index (χ0v) is 13.6. The van der Waals surface area contributed by atoms with Crippen LogP contribution in [-0.4, -0.2) is 25.2 Å². The third kappa shape index (κ3) is 5.28. The van der Waals surface area contributed by atoms with Gasteiger partial charge in [0, 0.05) is 11.4 Å². The first-order valence-corrected chi connectivity index (χ1v) is 11.5. The van der Waals surface area contributed by atoms with E-state index in [1.54, 1.807) is 0 Å². The van der Waals surface area contributed by atoms with E-state index in [9.17, 15) is 0 Å². The number of nitrogens with zero attached hydrogens (tertiary/aromatic N) is 1. The number of hydrogen-bond acceptors (Lipinski definition) is 2. The van der Waals surface area contributed by atoms with Crippen molar-refractivity contribution >= 4 is 18.4 Å². The van der Waals surface area contributed by atoms with Crippen LogP contribution in [0, 0.1) is 0 Å². The summed E-state index contributed by atoms with van der Waals surface area (Å²) >= 11 is 2.10.